The predicted molar refractivity (Wildman–Crippen MR) is 122 cm³/mol. The Balaban J connectivity index is 1.69. The van der Waals surface area contributed by atoms with Crippen LogP contribution in [0.4, 0.5) is 18.9 Å². The molecule has 4 aromatic rings. The largest absolute Gasteiger partial charge is 0.416 e. The maximum Gasteiger partial charge on any atom is 0.416 e. The van der Waals surface area contributed by atoms with Crippen LogP contribution in [0.15, 0.2) is 53.7 Å². The number of nitrogens with one attached hydrogen (secondary N) is 1. The first kappa shape index (κ1) is 25.1. The maximum absolute atomic E-state index is 13.0. The molecule has 1 atom stereocenters. The quantitative estimate of drug-likeness (QED) is 0.380. The molecule has 0 saturated heterocycles. The molecule has 0 spiro atoms. The Kier molecular flexibility index (Phi) is 6.90. The van der Waals surface area contributed by atoms with E-state index in [1.807, 2.05) is 0 Å². The zero-order chi connectivity index (χ0) is 26.0. The van der Waals surface area contributed by atoms with Crippen LogP contribution in [0.2, 0.25) is 5.02 Å². The molecule has 0 saturated carbocycles. The summed E-state index contributed by atoms with van der Waals surface area (Å²) in [6.07, 6.45) is -4.93. The fourth-order valence-electron chi connectivity index (χ4n) is 3.27. The minimum Gasteiger partial charge on any atom is -0.382 e. The van der Waals surface area contributed by atoms with Crippen LogP contribution in [0.5, 0.6) is 0 Å². The number of pyridine rings is 1. The minimum absolute atomic E-state index is 0.0974. The van der Waals surface area contributed by atoms with Crippen LogP contribution < -0.4 is 11.0 Å². The van der Waals surface area contributed by atoms with Gasteiger partial charge in [0, 0.05) is 23.7 Å². The summed E-state index contributed by atoms with van der Waals surface area (Å²) >= 11 is 5.89. The molecule has 0 bridgehead atoms. The van der Waals surface area contributed by atoms with Crippen molar-refractivity contribution in [2.24, 2.45) is 0 Å². The summed E-state index contributed by atoms with van der Waals surface area (Å²) in [5.74, 6) is -0.0609. The highest BCUT2D eigenvalue weighted by Crippen LogP contribution is 2.24. The fourth-order valence-corrected chi connectivity index (χ4v) is 3.40. The van der Waals surface area contributed by atoms with E-state index in [-0.39, 0.29) is 29.9 Å². The summed E-state index contributed by atoms with van der Waals surface area (Å²) in [6, 6.07) is 9.19. The number of halogens is 4. The number of hydrogen-bond donors (Lipinski definition) is 2. The van der Waals surface area contributed by atoms with Gasteiger partial charge in [0.2, 0.25) is 5.91 Å². The van der Waals surface area contributed by atoms with Gasteiger partial charge in [0.1, 0.15) is 12.9 Å². The lowest BCUT2D eigenvalue weighted by molar-refractivity contribution is -0.207. The molecule has 0 aliphatic carbocycles. The number of alkyl halides is 3. The van der Waals surface area contributed by atoms with Gasteiger partial charge in [-0.15, -0.1) is 10.2 Å². The molecule has 3 aromatic heterocycles. The van der Waals surface area contributed by atoms with Crippen molar-refractivity contribution in [1.82, 2.24) is 34.1 Å². The van der Waals surface area contributed by atoms with Gasteiger partial charge in [0.25, 0.3) is 0 Å². The summed E-state index contributed by atoms with van der Waals surface area (Å²) in [5.41, 5.74) is -0.220. The standard InChI is InChI=1S/C21H18ClF3N8O3/c1-12(34)28-15-3-2-8-26-19(15)33-11-27-17(29-33)10-32-20(36)31(9-16(35)21(23,24)25)18(30-32)13-4-6-14(22)7-5-13/h2-8,11,16,35H,9-10H2,1H3,(H,28,34). The van der Waals surface area contributed by atoms with E-state index in [4.69, 9.17) is 11.6 Å². The normalized spacial score (nSPS) is 12.5. The molecule has 1 amide bonds. The number of aliphatic hydroxyl groups excluding tert-OH is 1. The fraction of sp³-hybridized carbons (Fsp3) is 0.238. The molecule has 3 heterocycles. The topological polar surface area (TPSA) is 133 Å². The third kappa shape index (κ3) is 5.44. The third-order valence-electron chi connectivity index (χ3n) is 4.90. The molecule has 0 radical (unpaired) electrons. The first-order chi connectivity index (χ1) is 17.0. The van der Waals surface area contributed by atoms with Crippen molar-refractivity contribution in [3.8, 4) is 17.2 Å². The zero-order valence-electron chi connectivity index (χ0n) is 18.5. The number of aromatic nitrogens is 7. The van der Waals surface area contributed by atoms with Gasteiger partial charge in [0.05, 0.1) is 12.2 Å². The van der Waals surface area contributed by atoms with Crippen LogP contribution >= 0.6 is 11.6 Å². The average molecular weight is 523 g/mol. The lowest BCUT2D eigenvalue weighted by Crippen LogP contribution is -2.37. The number of benzene rings is 1. The van der Waals surface area contributed by atoms with Crippen molar-refractivity contribution in [2.45, 2.75) is 32.3 Å². The summed E-state index contributed by atoms with van der Waals surface area (Å²) in [5, 5.41) is 21.0. The summed E-state index contributed by atoms with van der Waals surface area (Å²) in [6.45, 7) is -0.0136. The monoisotopic (exact) mass is 522 g/mol. The summed E-state index contributed by atoms with van der Waals surface area (Å²) in [4.78, 5) is 32.7. The molecular weight excluding hydrogens is 505 g/mol. The van der Waals surface area contributed by atoms with Crippen LogP contribution in [0.1, 0.15) is 12.7 Å². The Bertz CT molecular complexity index is 1450. The maximum atomic E-state index is 13.0. The van der Waals surface area contributed by atoms with Crippen molar-refractivity contribution in [1.29, 1.82) is 0 Å². The molecule has 0 aliphatic heterocycles. The Hall–Kier alpha value is -4.04. The number of hydrogen-bond acceptors (Lipinski definition) is 7. The number of rotatable bonds is 7. The SMILES string of the molecule is CC(=O)Nc1cccnc1-n1cnc(Cn2nc(-c3ccc(Cl)cc3)n(CC(O)C(F)(F)F)c2=O)n1. The Labute approximate surface area is 205 Å². The van der Waals surface area contributed by atoms with Crippen LogP contribution in [0.3, 0.4) is 0 Å². The van der Waals surface area contributed by atoms with Crippen LogP contribution in [-0.2, 0) is 17.9 Å². The number of aliphatic hydroxyl groups is 1. The van der Waals surface area contributed by atoms with Crippen LogP contribution in [0.25, 0.3) is 17.2 Å². The van der Waals surface area contributed by atoms with Gasteiger partial charge in [-0.1, -0.05) is 11.6 Å². The lowest BCUT2D eigenvalue weighted by Gasteiger charge is -2.15. The Morgan fingerprint density at radius 3 is 2.56 bits per heavy atom. The minimum atomic E-state index is -4.94. The predicted octanol–water partition coefficient (Wildman–Crippen LogP) is 2.27. The number of anilines is 1. The van der Waals surface area contributed by atoms with Gasteiger partial charge in [0.15, 0.2) is 23.6 Å². The molecule has 4 rings (SSSR count). The molecule has 11 nitrogen and oxygen atoms in total. The lowest BCUT2D eigenvalue weighted by atomic mass is 10.2. The molecule has 36 heavy (non-hydrogen) atoms. The van der Waals surface area contributed by atoms with E-state index in [0.717, 1.165) is 9.25 Å². The second-order valence-corrected chi connectivity index (χ2v) is 8.04. The summed E-state index contributed by atoms with van der Waals surface area (Å²) in [7, 11) is 0. The molecule has 188 valence electrons. The molecule has 0 aliphatic rings. The van der Waals surface area contributed by atoms with E-state index in [2.05, 4.69) is 25.5 Å². The zero-order valence-corrected chi connectivity index (χ0v) is 19.3. The van der Waals surface area contributed by atoms with Gasteiger partial charge >= 0.3 is 11.9 Å². The average Bonchev–Trinajstić information content (AvgIpc) is 3.39. The van der Waals surface area contributed by atoms with Crippen molar-refractivity contribution >= 4 is 23.2 Å². The highest BCUT2D eigenvalue weighted by molar-refractivity contribution is 6.30. The number of nitrogens with zero attached hydrogens (tertiary/aromatic N) is 7. The highest BCUT2D eigenvalue weighted by atomic mass is 35.5. The van der Waals surface area contributed by atoms with Crippen LogP contribution in [-0.4, -0.2) is 57.4 Å². The Morgan fingerprint density at radius 2 is 1.89 bits per heavy atom. The Morgan fingerprint density at radius 1 is 1.17 bits per heavy atom. The van der Waals surface area contributed by atoms with Gasteiger partial charge in [-0.2, -0.15) is 13.2 Å². The smallest absolute Gasteiger partial charge is 0.382 e. The van der Waals surface area contributed by atoms with Crippen LogP contribution in [0, 0.1) is 0 Å². The molecule has 0 fully saturated rings. The van der Waals surface area contributed by atoms with E-state index < -0.39 is 24.5 Å². The van der Waals surface area contributed by atoms with Gasteiger partial charge in [-0.3, -0.25) is 9.36 Å². The van der Waals surface area contributed by atoms with E-state index in [1.165, 1.54) is 48.4 Å². The molecule has 2 N–H and O–H groups in total. The third-order valence-corrected chi connectivity index (χ3v) is 5.16. The van der Waals surface area contributed by atoms with Gasteiger partial charge < -0.3 is 10.4 Å². The molecule has 15 heteroatoms. The second-order valence-electron chi connectivity index (χ2n) is 7.60. The van der Waals surface area contributed by atoms with Crippen molar-refractivity contribution in [3.63, 3.8) is 0 Å². The molecule has 1 aromatic carbocycles. The van der Waals surface area contributed by atoms with Crippen molar-refractivity contribution in [2.75, 3.05) is 5.32 Å². The summed E-state index contributed by atoms with van der Waals surface area (Å²) < 4.78 is 41.9. The highest BCUT2D eigenvalue weighted by Gasteiger charge is 2.39. The molecular formula is C21H18ClF3N8O3. The van der Waals surface area contributed by atoms with Gasteiger partial charge in [-0.25, -0.2) is 24.1 Å². The van der Waals surface area contributed by atoms with E-state index in [1.54, 1.807) is 12.1 Å². The number of carbonyl (C=O) groups is 1. The van der Waals surface area contributed by atoms with Crippen molar-refractivity contribution < 1.29 is 23.1 Å². The number of amides is 1. The number of carbonyl (C=O) groups excluding carboxylic acids is 1. The van der Waals surface area contributed by atoms with E-state index in [0.29, 0.717) is 16.3 Å². The van der Waals surface area contributed by atoms with Gasteiger partial charge in [-0.05, 0) is 36.4 Å². The molecule has 1 unspecified atom stereocenters. The van der Waals surface area contributed by atoms with Crippen molar-refractivity contribution in [3.05, 3.63) is 70.3 Å². The first-order valence-electron chi connectivity index (χ1n) is 10.3. The van der Waals surface area contributed by atoms with E-state index >= 15 is 0 Å². The second kappa shape index (κ2) is 9.91. The first-order valence-corrected chi connectivity index (χ1v) is 10.7. The van der Waals surface area contributed by atoms with E-state index in [9.17, 15) is 27.9 Å².